The number of rotatable bonds is 1. The molecule has 0 bridgehead atoms. The molecule has 0 saturated heterocycles. The number of aliphatic hydroxyl groups excluding tert-OH is 1. The lowest BCUT2D eigenvalue weighted by Gasteiger charge is -2.11. The van der Waals surface area contributed by atoms with Crippen molar-refractivity contribution in [3.05, 3.63) is 23.8 Å². The predicted molar refractivity (Wildman–Crippen MR) is 39.9 cm³/mol. The number of esters is 1. The molecule has 3 nitrogen and oxygen atoms in total. The summed E-state index contributed by atoms with van der Waals surface area (Å²) in [6.07, 6.45) is 4.93. The van der Waals surface area contributed by atoms with Gasteiger partial charge in [-0.05, 0) is 6.42 Å². The third kappa shape index (κ3) is 1.68. The van der Waals surface area contributed by atoms with E-state index in [-0.39, 0.29) is 0 Å². The van der Waals surface area contributed by atoms with E-state index in [9.17, 15) is 9.90 Å². The van der Waals surface area contributed by atoms with E-state index in [2.05, 4.69) is 4.74 Å². The molecule has 1 rings (SSSR count). The van der Waals surface area contributed by atoms with Crippen molar-refractivity contribution in [3.63, 3.8) is 0 Å². The number of carbonyl (C=O) groups excluding carboxylic acids is 1. The molecule has 1 aliphatic carbocycles. The molecule has 1 aliphatic rings. The second-order valence-corrected chi connectivity index (χ2v) is 2.26. The van der Waals surface area contributed by atoms with Gasteiger partial charge >= 0.3 is 5.97 Å². The van der Waals surface area contributed by atoms with E-state index in [1.54, 1.807) is 18.2 Å². The Hall–Kier alpha value is -1.09. The van der Waals surface area contributed by atoms with Crippen LogP contribution >= 0.6 is 0 Å². The molecule has 0 amide bonds. The first-order valence-corrected chi connectivity index (χ1v) is 3.39. The first-order valence-electron chi connectivity index (χ1n) is 3.39. The summed E-state index contributed by atoms with van der Waals surface area (Å²) in [5, 5.41) is 9.21. The highest BCUT2D eigenvalue weighted by molar-refractivity contribution is 5.90. The van der Waals surface area contributed by atoms with Gasteiger partial charge in [-0.3, -0.25) is 0 Å². The van der Waals surface area contributed by atoms with E-state index in [1.165, 1.54) is 7.11 Å². The average molecular weight is 154 g/mol. The largest absolute Gasteiger partial charge is 0.466 e. The van der Waals surface area contributed by atoms with Crippen molar-refractivity contribution in [2.45, 2.75) is 12.5 Å². The summed E-state index contributed by atoms with van der Waals surface area (Å²) >= 11 is 0. The third-order valence-electron chi connectivity index (χ3n) is 1.53. The van der Waals surface area contributed by atoms with Crippen molar-refractivity contribution < 1.29 is 14.6 Å². The first kappa shape index (κ1) is 8.01. The standard InChI is InChI=1S/C8H10O3/c1-11-8(10)6-4-2-3-5-7(6)9/h3-5,7,9H,2H2,1H3. The number of methoxy groups -OCH3 is 1. The van der Waals surface area contributed by atoms with Gasteiger partial charge in [-0.2, -0.15) is 0 Å². The monoisotopic (exact) mass is 154 g/mol. The molecular weight excluding hydrogens is 144 g/mol. The van der Waals surface area contributed by atoms with Crippen molar-refractivity contribution in [1.29, 1.82) is 0 Å². The van der Waals surface area contributed by atoms with Gasteiger partial charge in [0.2, 0.25) is 0 Å². The summed E-state index contributed by atoms with van der Waals surface area (Å²) < 4.78 is 4.46. The molecule has 1 N–H and O–H groups in total. The van der Waals surface area contributed by atoms with Gasteiger partial charge in [0, 0.05) is 0 Å². The smallest absolute Gasteiger partial charge is 0.336 e. The van der Waals surface area contributed by atoms with Crippen LogP contribution in [0, 0.1) is 0 Å². The van der Waals surface area contributed by atoms with Crippen molar-refractivity contribution in [1.82, 2.24) is 0 Å². The molecule has 0 aliphatic heterocycles. The Morgan fingerprint density at radius 1 is 1.82 bits per heavy atom. The van der Waals surface area contributed by atoms with Gasteiger partial charge in [0.25, 0.3) is 0 Å². The lowest BCUT2D eigenvalue weighted by atomic mass is 10.0. The molecular formula is C8H10O3. The van der Waals surface area contributed by atoms with E-state index < -0.39 is 12.1 Å². The second kappa shape index (κ2) is 3.34. The third-order valence-corrected chi connectivity index (χ3v) is 1.53. The molecule has 0 aromatic rings. The van der Waals surface area contributed by atoms with E-state index in [4.69, 9.17) is 0 Å². The van der Waals surface area contributed by atoms with Crippen LogP contribution in [0.25, 0.3) is 0 Å². The van der Waals surface area contributed by atoms with Crippen LogP contribution in [-0.2, 0) is 9.53 Å². The minimum atomic E-state index is -0.795. The Bertz CT molecular complexity index is 215. The van der Waals surface area contributed by atoms with Gasteiger partial charge in [-0.15, -0.1) is 0 Å². The molecule has 0 fully saturated rings. The van der Waals surface area contributed by atoms with Crippen LogP contribution in [0.2, 0.25) is 0 Å². The highest BCUT2D eigenvalue weighted by Gasteiger charge is 2.17. The molecule has 0 aromatic carbocycles. The molecule has 0 radical (unpaired) electrons. The minimum absolute atomic E-state index is 0.329. The van der Waals surface area contributed by atoms with Gasteiger partial charge in [-0.25, -0.2) is 4.79 Å². The Balaban J connectivity index is 2.71. The topological polar surface area (TPSA) is 46.5 Å². The maximum absolute atomic E-state index is 10.9. The van der Waals surface area contributed by atoms with Gasteiger partial charge in [0.1, 0.15) is 6.10 Å². The van der Waals surface area contributed by atoms with Crippen LogP contribution in [0.4, 0.5) is 0 Å². The van der Waals surface area contributed by atoms with Crippen molar-refractivity contribution in [3.8, 4) is 0 Å². The van der Waals surface area contributed by atoms with Gasteiger partial charge < -0.3 is 9.84 Å². The molecule has 1 unspecified atom stereocenters. The number of hydrogen-bond acceptors (Lipinski definition) is 3. The zero-order valence-corrected chi connectivity index (χ0v) is 6.28. The minimum Gasteiger partial charge on any atom is -0.466 e. The number of carbonyl (C=O) groups is 1. The quantitative estimate of drug-likeness (QED) is 0.439. The Morgan fingerprint density at radius 2 is 2.55 bits per heavy atom. The van der Waals surface area contributed by atoms with Crippen molar-refractivity contribution in [2.24, 2.45) is 0 Å². The van der Waals surface area contributed by atoms with Crippen molar-refractivity contribution in [2.75, 3.05) is 7.11 Å². The summed E-state index contributed by atoms with van der Waals surface area (Å²) in [5.41, 5.74) is 0.329. The molecule has 0 spiro atoms. The summed E-state index contributed by atoms with van der Waals surface area (Å²) in [7, 11) is 1.30. The SMILES string of the molecule is COC(=O)C1=CCC=CC1O. The first-order chi connectivity index (χ1) is 5.25. The van der Waals surface area contributed by atoms with Crippen LogP contribution in [-0.4, -0.2) is 24.3 Å². The Kier molecular flexibility index (Phi) is 2.44. The molecule has 0 saturated carbocycles. The number of allylic oxidation sites excluding steroid dienone is 2. The van der Waals surface area contributed by atoms with Crippen LogP contribution in [0.1, 0.15) is 6.42 Å². The van der Waals surface area contributed by atoms with Gasteiger partial charge in [0.15, 0.2) is 0 Å². The zero-order valence-electron chi connectivity index (χ0n) is 6.28. The lowest BCUT2D eigenvalue weighted by molar-refractivity contribution is -0.137. The maximum atomic E-state index is 10.9. The second-order valence-electron chi connectivity index (χ2n) is 2.26. The summed E-state index contributed by atoms with van der Waals surface area (Å²) in [6, 6.07) is 0. The normalized spacial score (nSPS) is 22.7. The fourth-order valence-corrected chi connectivity index (χ4v) is 0.949. The highest BCUT2D eigenvalue weighted by Crippen LogP contribution is 2.12. The van der Waals surface area contributed by atoms with E-state index in [0.717, 1.165) is 0 Å². The van der Waals surface area contributed by atoms with E-state index >= 15 is 0 Å². The summed E-state index contributed by atoms with van der Waals surface area (Å²) in [5.74, 6) is -0.457. The fourth-order valence-electron chi connectivity index (χ4n) is 0.949. The highest BCUT2D eigenvalue weighted by atomic mass is 16.5. The van der Waals surface area contributed by atoms with Gasteiger partial charge in [-0.1, -0.05) is 18.2 Å². The summed E-state index contributed by atoms with van der Waals surface area (Å²) in [6.45, 7) is 0. The predicted octanol–water partition coefficient (Wildman–Crippen LogP) is 0.407. The Morgan fingerprint density at radius 3 is 3.09 bits per heavy atom. The lowest BCUT2D eigenvalue weighted by Crippen LogP contribution is -2.18. The van der Waals surface area contributed by atoms with Crippen LogP contribution in [0.15, 0.2) is 23.8 Å². The number of hydrogen-bond donors (Lipinski definition) is 1. The molecule has 0 heterocycles. The number of aliphatic hydroxyl groups is 1. The molecule has 3 heteroatoms. The van der Waals surface area contributed by atoms with Crippen LogP contribution < -0.4 is 0 Å². The van der Waals surface area contributed by atoms with Crippen LogP contribution in [0.3, 0.4) is 0 Å². The maximum Gasteiger partial charge on any atom is 0.336 e. The Labute approximate surface area is 65.0 Å². The molecule has 0 aromatic heterocycles. The van der Waals surface area contributed by atoms with Gasteiger partial charge in [0.05, 0.1) is 12.7 Å². The molecule has 60 valence electrons. The van der Waals surface area contributed by atoms with E-state index in [0.29, 0.717) is 12.0 Å². The average Bonchev–Trinajstić information content (AvgIpc) is 2.04. The van der Waals surface area contributed by atoms with E-state index in [1.807, 2.05) is 0 Å². The fraction of sp³-hybridized carbons (Fsp3) is 0.375. The van der Waals surface area contributed by atoms with Crippen LogP contribution in [0.5, 0.6) is 0 Å². The molecule has 1 atom stereocenters. The summed E-state index contributed by atoms with van der Waals surface area (Å²) in [4.78, 5) is 10.9. The number of ether oxygens (including phenoxy) is 1. The zero-order chi connectivity index (χ0) is 8.27. The van der Waals surface area contributed by atoms with Crippen molar-refractivity contribution >= 4 is 5.97 Å². The molecule has 11 heavy (non-hydrogen) atoms.